The Labute approximate surface area is 109 Å². The summed E-state index contributed by atoms with van der Waals surface area (Å²) in [6.07, 6.45) is 3.09. The van der Waals surface area contributed by atoms with Crippen molar-refractivity contribution in [3.05, 3.63) is 0 Å². The van der Waals surface area contributed by atoms with E-state index in [4.69, 9.17) is 15.2 Å². The van der Waals surface area contributed by atoms with Gasteiger partial charge in [-0.1, -0.05) is 27.2 Å². The topological polar surface area (TPSA) is 78.6 Å². The minimum atomic E-state index is -1.35. The maximum Gasteiger partial charge on any atom is 0.335 e. The molecule has 0 fully saturated rings. The number of hydrogen-bond donors (Lipinski definition) is 1. The fourth-order valence-corrected chi connectivity index (χ4v) is 1.86. The molecule has 0 aliphatic rings. The Hall–Kier alpha value is -1.10. The van der Waals surface area contributed by atoms with E-state index in [1.165, 1.54) is 0 Å². The van der Waals surface area contributed by atoms with E-state index in [9.17, 15) is 9.59 Å². The molecule has 106 valence electrons. The average Bonchev–Trinajstić information content (AvgIpc) is 2.37. The smallest absolute Gasteiger partial charge is 0.335 e. The number of carbonyl (C=O) groups is 2. The van der Waals surface area contributed by atoms with Gasteiger partial charge in [-0.05, 0) is 26.2 Å². The lowest BCUT2D eigenvalue weighted by atomic mass is 9.91. The van der Waals surface area contributed by atoms with E-state index < -0.39 is 23.6 Å². The van der Waals surface area contributed by atoms with Crippen LogP contribution in [0.15, 0.2) is 0 Å². The molecule has 0 bridgehead atoms. The van der Waals surface area contributed by atoms with Gasteiger partial charge in [0.15, 0.2) is 0 Å². The fraction of sp³-hybridized carbons (Fsp3) is 0.846. The van der Waals surface area contributed by atoms with E-state index in [-0.39, 0.29) is 6.61 Å². The molecule has 0 amide bonds. The van der Waals surface area contributed by atoms with Crippen molar-refractivity contribution in [2.75, 3.05) is 6.61 Å². The van der Waals surface area contributed by atoms with Gasteiger partial charge in [0, 0.05) is 0 Å². The van der Waals surface area contributed by atoms with Crippen LogP contribution in [0.3, 0.4) is 0 Å². The zero-order chi connectivity index (χ0) is 14.2. The summed E-state index contributed by atoms with van der Waals surface area (Å²) in [5.41, 5.74) is 4.99. The summed E-state index contributed by atoms with van der Waals surface area (Å²) in [5.74, 6) is -1.44. The molecule has 1 unspecified atom stereocenters. The van der Waals surface area contributed by atoms with Crippen LogP contribution in [0.1, 0.15) is 53.4 Å². The number of rotatable bonds is 8. The van der Waals surface area contributed by atoms with Gasteiger partial charge in [-0.2, -0.15) is 0 Å². The third kappa shape index (κ3) is 4.64. The summed E-state index contributed by atoms with van der Waals surface area (Å²) in [5, 5.41) is 0. The Balaban J connectivity index is 4.64. The second kappa shape index (κ2) is 8.08. The van der Waals surface area contributed by atoms with E-state index in [2.05, 4.69) is 0 Å². The van der Waals surface area contributed by atoms with Crippen LogP contribution in [0.25, 0.3) is 0 Å². The van der Waals surface area contributed by atoms with Gasteiger partial charge in [0.1, 0.15) is 5.60 Å². The molecule has 0 radical (unpaired) electrons. The summed E-state index contributed by atoms with van der Waals surface area (Å²) < 4.78 is 10.1. The zero-order valence-electron chi connectivity index (χ0n) is 11.8. The second-order valence-corrected chi connectivity index (χ2v) is 4.29. The van der Waals surface area contributed by atoms with Gasteiger partial charge in [-0.3, -0.25) is 0 Å². The maximum absolute atomic E-state index is 11.8. The quantitative estimate of drug-likeness (QED) is 0.531. The van der Waals surface area contributed by atoms with Gasteiger partial charge in [0.05, 0.1) is 6.61 Å². The van der Waals surface area contributed by atoms with Crippen LogP contribution in [0.5, 0.6) is 0 Å². The van der Waals surface area contributed by atoms with Crippen molar-refractivity contribution in [2.45, 2.75) is 65.0 Å². The van der Waals surface area contributed by atoms with E-state index in [1.54, 1.807) is 6.92 Å². The van der Waals surface area contributed by atoms with Crippen molar-refractivity contribution in [1.29, 1.82) is 0 Å². The molecular formula is C13H25NO4. The van der Waals surface area contributed by atoms with Gasteiger partial charge in [-0.25, -0.2) is 9.59 Å². The molecule has 0 aliphatic carbocycles. The molecule has 5 heteroatoms. The number of nitrogens with two attached hydrogens (primary N) is 1. The first-order chi connectivity index (χ1) is 8.46. The van der Waals surface area contributed by atoms with Gasteiger partial charge < -0.3 is 15.2 Å². The van der Waals surface area contributed by atoms with E-state index in [1.807, 2.05) is 20.8 Å². The highest BCUT2D eigenvalue weighted by Crippen LogP contribution is 2.26. The Morgan fingerprint density at radius 2 is 1.67 bits per heavy atom. The Bertz CT molecular complexity index is 274. The molecule has 0 aromatic heterocycles. The monoisotopic (exact) mass is 259 g/mol. The first-order valence-electron chi connectivity index (χ1n) is 6.61. The minimum Gasteiger partial charge on any atom is -0.464 e. The summed E-state index contributed by atoms with van der Waals surface area (Å²) in [6.45, 7) is 7.81. The van der Waals surface area contributed by atoms with Crippen LogP contribution in [-0.2, 0) is 19.1 Å². The summed E-state index contributed by atoms with van der Waals surface area (Å²) in [6, 6.07) is -1.35. The lowest BCUT2D eigenvalue weighted by molar-refractivity contribution is -0.169. The largest absolute Gasteiger partial charge is 0.464 e. The van der Waals surface area contributed by atoms with Crippen molar-refractivity contribution in [2.24, 2.45) is 5.73 Å². The third-order valence-corrected chi connectivity index (χ3v) is 3.11. The molecule has 0 aromatic carbocycles. The Morgan fingerprint density at radius 3 is 2.06 bits per heavy atom. The fourth-order valence-electron chi connectivity index (χ4n) is 1.86. The van der Waals surface area contributed by atoms with Crippen LogP contribution >= 0.6 is 0 Å². The van der Waals surface area contributed by atoms with Gasteiger partial charge in [0.2, 0.25) is 6.04 Å². The standard InChI is InChI=1S/C13H25NO4/c1-5-9-13(6-2,7-3)18-12(16)10(14)11(15)17-8-4/h10H,5-9,14H2,1-4H3. The lowest BCUT2D eigenvalue weighted by Gasteiger charge is -2.32. The van der Waals surface area contributed by atoms with Gasteiger partial charge in [-0.15, -0.1) is 0 Å². The SMILES string of the molecule is CCCC(CC)(CC)OC(=O)C(N)C(=O)OCC. The number of hydrogen-bond acceptors (Lipinski definition) is 5. The summed E-state index contributed by atoms with van der Waals surface area (Å²) >= 11 is 0. The van der Waals surface area contributed by atoms with Crippen LogP contribution in [-0.4, -0.2) is 30.2 Å². The highest BCUT2D eigenvalue weighted by molar-refractivity contribution is 5.99. The van der Waals surface area contributed by atoms with Crippen LogP contribution < -0.4 is 5.73 Å². The molecule has 1 atom stereocenters. The van der Waals surface area contributed by atoms with Crippen molar-refractivity contribution in [1.82, 2.24) is 0 Å². The molecular weight excluding hydrogens is 234 g/mol. The highest BCUT2D eigenvalue weighted by Gasteiger charge is 2.34. The van der Waals surface area contributed by atoms with Crippen molar-refractivity contribution < 1.29 is 19.1 Å². The molecule has 0 spiro atoms. The van der Waals surface area contributed by atoms with E-state index in [0.717, 1.165) is 12.8 Å². The molecule has 0 rings (SSSR count). The normalized spacial score (nSPS) is 12.9. The zero-order valence-corrected chi connectivity index (χ0v) is 11.8. The minimum absolute atomic E-state index is 0.196. The molecule has 0 saturated carbocycles. The highest BCUT2D eigenvalue weighted by atomic mass is 16.6. The lowest BCUT2D eigenvalue weighted by Crippen LogP contribution is -2.46. The van der Waals surface area contributed by atoms with Crippen molar-refractivity contribution in [3.8, 4) is 0 Å². The molecule has 0 heterocycles. The van der Waals surface area contributed by atoms with Gasteiger partial charge >= 0.3 is 11.9 Å². The van der Waals surface area contributed by atoms with Gasteiger partial charge in [0.25, 0.3) is 0 Å². The van der Waals surface area contributed by atoms with Crippen LogP contribution in [0.2, 0.25) is 0 Å². The number of ether oxygens (including phenoxy) is 2. The van der Waals surface area contributed by atoms with Crippen LogP contribution in [0, 0.1) is 0 Å². The first-order valence-corrected chi connectivity index (χ1v) is 6.61. The predicted molar refractivity (Wildman–Crippen MR) is 68.9 cm³/mol. The number of carbonyl (C=O) groups excluding carboxylic acids is 2. The second-order valence-electron chi connectivity index (χ2n) is 4.29. The molecule has 5 nitrogen and oxygen atoms in total. The van der Waals surface area contributed by atoms with E-state index >= 15 is 0 Å². The average molecular weight is 259 g/mol. The predicted octanol–water partition coefficient (Wildman–Crippen LogP) is 1.78. The molecule has 18 heavy (non-hydrogen) atoms. The van der Waals surface area contributed by atoms with Crippen molar-refractivity contribution in [3.63, 3.8) is 0 Å². The third-order valence-electron chi connectivity index (χ3n) is 3.11. The maximum atomic E-state index is 11.8. The Kier molecular flexibility index (Phi) is 7.59. The van der Waals surface area contributed by atoms with Crippen molar-refractivity contribution >= 4 is 11.9 Å². The summed E-state index contributed by atoms with van der Waals surface area (Å²) in [7, 11) is 0. The molecule has 0 aromatic rings. The molecule has 0 aliphatic heterocycles. The summed E-state index contributed by atoms with van der Waals surface area (Å²) in [4.78, 5) is 23.2. The first kappa shape index (κ1) is 16.9. The van der Waals surface area contributed by atoms with Crippen LogP contribution in [0.4, 0.5) is 0 Å². The van der Waals surface area contributed by atoms with E-state index in [0.29, 0.717) is 12.8 Å². The molecule has 2 N–H and O–H groups in total. The number of esters is 2. The molecule has 0 saturated heterocycles. The Morgan fingerprint density at radius 1 is 1.11 bits per heavy atom.